The van der Waals surface area contributed by atoms with Gasteiger partial charge >= 0.3 is 5.97 Å². The van der Waals surface area contributed by atoms with Crippen molar-refractivity contribution in [3.05, 3.63) is 108 Å². The molecule has 1 saturated heterocycles. The van der Waals surface area contributed by atoms with Crippen LogP contribution in [0, 0.1) is 0 Å². The van der Waals surface area contributed by atoms with Crippen LogP contribution >= 0.6 is 0 Å². The van der Waals surface area contributed by atoms with Crippen molar-refractivity contribution in [1.29, 1.82) is 0 Å². The van der Waals surface area contributed by atoms with Gasteiger partial charge in [0.05, 0.1) is 0 Å². The number of hydrogen-bond donors (Lipinski definition) is 0. The Labute approximate surface area is 254 Å². The van der Waals surface area contributed by atoms with Crippen LogP contribution in [0.1, 0.15) is 49.1 Å². The third kappa shape index (κ3) is 5.63. The summed E-state index contributed by atoms with van der Waals surface area (Å²) < 4.78 is 22.7. The molecule has 5 aromatic rings. The second-order valence-electron chi connectivity index (χ2n) is 11.3. The summed E-state index contributed by atoms with van der Waals surface area (Å²) >= 11 is 0. The molecule has 222 valence electrons. The molecule has 0 spiro atoms. The first-order valence-electron chi connectivity index (χ1n) is 14.9. The maximum atomic E-state index is 14.1. The molecule has 7 rings (SSSR count). The van der Waals surface area contributed by atoms with Crippen LogP contribution < -0.4 is 9.47 Å². The lowest BCUT2D eigenvalue weighted by Gasteiger charge is -2.36. The number of fused-ring (bicyclic) bond motifs is 3. The van der Waals surface area contributed by atoms with Crippen LogP contribution in [0.5, 0.6) is 11.5 Å². The van der Waals surface area contributed by atoms with Gasteiger partial charge in [-0.25, -0.2) is 4.98 Å². The monoisotopic (exact) mass is 588 g/mol. The molecule has 0 aliphatic carbocycles. The van der Waals surface area contributed by atoms with Crippen LogP contribution in [0.4, 0.5) is 0 Å². The van der Waals surface area contributed by atoms with Gasteiger partial charge in [-0.05, 0) is 71.7 Å². The van der Waals surface area contributed by atoms with Crippen molar-refractivity contribution in [1.82, 2.24) is 9.88 Å². The van der Waals surface area contributed by atoms with Crippen molar-refractivity contribution in [3.8, 4) is 11.5 Å². The molecule has 1 amide bonds. The summed E-state index contributed by atoms with van der Waals surface area (Å²) in [4.78, 5) is 32.5. The Morgan fingerprint density at radius 2 is 1.80 bits per heavy atom. The Hall–Kier alpha value is -5.11. The predicted molar refractivity (Wildman–Crippen MR) is 166 cm³/mol. The Kier molecular flexibility index (Phi) is 7.48. The van der Waals surface area contributed by atoms with Crippen molar-refractivity contribution in [2.24, 2.45) is 0 Å². The average molecular weight is 589 g/mol. The van der Waals surface area contributed by atoms with Gasteiger partial charge in [0.25, 0.3) is 5.91 Å². The molecule has 3 heterocycles. The Balaban J connectivity index is 1.23. The highest BCUT2D eigenvalue weighted by atomic mass is 16.7. The molecule has 1 aromatic heterocycles. The standard InChI is InChI=1S/C36H32N2O6/c1-23(38(36(40)32-17-18-35(39)44-32)21-24-13-14-25-7-2-3-8-26(25)19-24)28(27-15-16-31-33(20-27)42-22-41-31)9-6-12-34-37-29-10-4-5-11-30(29)43-34/h2-8,10-16,19-20,23,28,32H,9,17-18,21-22H2,1H3. The summed E-state index contributed by atoms with van der Waals surface area (Å²) in [6, 6.07) is 27.7. The van der Waals surface area contributed by atoms with Gasteiger partial charge in [0, 0.05) is 31.3 Å². The third-order valence-corrected chi connectivity index (χ3v) is 8.47. The van der Waals surface area contributed by atoms with E-state index in [0.29, 0.717) is 36.8 Å². The zero-order chi connectivity index (χ0) is 30.0. The number of oxazole rings is 1. The number of aromatic nitrogens is 1. The number of esters is 1. The van der Waals surface area contributed by atoms with Crippen LogP contribution in [-0.2, 0) is 20.9 Å². The van der Waals surface area contributed by atoms with Crippen LogP contribution in [0.25, 0.3) is 27.9 Å². The highest BCUT2D eigenvalue weighted by molar-refractivity contribution is 5.87. The number of carbonyl (C=O) groups is 2. The molecule has 3 unspecified atom stereocenters. The molecule has 0 N–H and O–H groups in total. The van der Waals surface area contributed by atoms with Crippen LogP contribution in [-0.4, -0.2) is 40.7 Å². The first-order chi connectivity index (χ1) is 21.5. The van der Waals surface area contributed by atoms with Crippen molar-refractivity contribution < 1.29 is 28.2 Å². The van der Waals surface area contributed by atoms with E-state index in [2.05, 4.69) is 42.2 Å². The van der Waals surface area contributed by atoms with Crippen molar-refractivity contribution in [2.75, 3.05) is 6.79 Å². The SMILES string of the molecule is CC(C(CC=Cc1nc2ccccc2o1)c1ccc2c(c1)OCO2)N(Cc1ccc2ccccc2c1)C(=O)C1CCC(=O)O1. The highest BCUT2D eigenvalue weighted by Gasteiger charge is 2.37. The lowest BCUT2D eigenvalue weighted by Crippen LogP contribution is -2.46. The van der Waals surface area contributed by atoms with Crippen molar-refractivity contribution in [3.63, 3.8) is 0 Å². The van der Waals surface area contributed by atoms with Gasteiger partial charge in [-0.3, -0.25) is 9.59 Å². The van der Waals surface area contributed by atoms with Crippen molar-refractivity contribution >= 4 is 39.8 Å². The fraction of sp³-hybridized carbons (Fsp3) is 0.250. The molecular weight excluding hydrogens is 556 g/mol. The molecule has 1 fully saturated rings. The summed E-state index contributed by atoms with van der Waals surface area (Å²) in [6.07, 6.45) is 4.33. The first kappa shape index (κ1) is 27.7. The summed E-state index contributed by atoms with van der Waals surface area (Å²) in [5.74, 6) is 1.24. The van der Waals surface area contributed by atoms with E-state index in [-0.39, 0.29) is 37.0 Å². The van der Waals surface area contributed by atoms with Gasteiger partial charge in [-0.2, -0.15) is 0 Å². The van der Waals surface area contributed by atoms with Gasteiger partial charge in [0.15, 0.2) is 23.2 Å². The van der Waals surface area contributed by atoms with E-state index < -0.39 is 6.10 Å². The lowest BCUT2D eigenvalue weighted by molar-refractivity contribution is -0.154. The van der Waals surface area contributed by atoms with E-state index in [9.17, 15) is 9.59 Å². The second-order valence-corrected chi connectivity index (χ2v) is 11.3. The van der Waals surface area contributed by atoms with E-state index in [1.165, 1.54) is 0 Å². The number of ether oxygens (including phenoxy) is 3. The van der Waals surface area contributed by atoms with E-state index in [0.717, 1.165) is 33.0 Å². The maximum absolute atomic E-state index is 14.1. The molecule has 4 aromatic carbocycles. The fourth-order valence-corrected chi connectivity index (χ4v) is 6.09. The second kappa shape index (κ2) is 11.9. The maximum Gasteiger partial charge on any atom is 0.306 e. The number of carbonyl (C=O) groups excluding carboxylic acids is 2. The molecule has 8 nitrogen and oxygen atoms in total. The van der Waals surface area contributed by atoms with Gasteiger partial charge in [-0.1, -0.05) is 60.7 Å². The molecule has 8 heteroatoms. The van der Waals surface area contributed by atoms with Crippen LogP contribution in [0.15, 0.2) is 95.4 Å². The topological polar surface area (TPSA) is 91.1 Å². The molecule has 2 aliphatic heterocycles. The van der Waals surface area contributed by atoms with Gasteiger partial charge in [0.1, 0.15) is 5.52 Å². The number of hydrogen-bond acceptors (Lipinski definition) is 7. The van der Waals surface area contributed by atoms with E-state index in [4.69, 9.17) is 18.6 Å². The molecule has 3 atom stereocenters. The number of amides is 1. The molecule has 2 aliphatic rings. The highest BCUT2D eigenvalue weighted by Crippen LogP contribution is 2.38. The van der Waals surface area contributed by atoms with Crippen molar-refractivity contribution in [2.45, 2.75) is 50.8 Å². The number of nitrogens with zero attached hydrogens (tertiary/aromatic N) is 2. The van der Waals surface area contributed by atoms with Gasteiger partial charge in [-0.15, -0.1) is 0 Å². The molecule has 0 radical (unpaired) electrons. The summed E-state index contributed by atoms with van der Waals surface area (Å²) in [5.41, 5.74) is 3.53. The van der Waals surface area contributed by atoms with Gasteiger partial charge < -0.3 is 23.5 Å². The first-order valence-corrected chi connectivity index (χ1v) is 14.9. The number of benzene rings is 4. The van der Waals surface area contributed by atoms with Crippen LogP contribution in [0.3, 0.4) is 0 Å². The van der Waals surface area contributed by atoms with E-state index in [1.807, 2.05) is 71.6 Å². The molecular formula is C36H32N2O6. The zero-order valence-electron chi connectivity index (χ0n) is 24.3. The smallest absolute Gasteiger partial charge is 0.306 e. The normalized spacial score (nSPS) is 17.3. The van der Waals surface area contributed by atoms with E-state index in [1.54, 1.807) is 0 Å². The number of allylic oxidation sites excluding steroid dienone is 1. The number of para-hydroxylation sites is 2. The minimum Gasteiger partial charge on any atom is -0.454 e. The summed E-state index contributed by atoms with van der Waals surface area (Å²) in [6.45, 7) is 2.60. The Morgan fingerprint density at radius 3 is 2.64 bits per heavy atom. The number of cyclic esters (lactones) is 1. The minimum atomic E-state index is -0.793. The fourth-order valence-electron chi connectivity index (χ4n) is 6.09. The average Bonchev–Trinajstić information content (AvgIpc) is 3.80. The molecule has 0 bridgehead atoms. The predicted octanol–water partition coefficient (Wildman–Crippen LogP) is 7.02. The Morgan fingerprint density at radius 1 is 0.977 bits per heavy atom. The Bertz CT molecular complexity index is 1840. The molecule has 0 saturated carbocycles. The third-order valence-electron chi connectivity index (χ3n) is 8.47. The number of rotatable bonds is 9. The summed E-state index contributed by atoms with van der Waals surface area (Å²) in [7, 11) is 0. The molecule has 44 heavy (non-hydrogen) atoms. The van der Waals surface area contributed by atoms with Gasteiger partial charge in [0.2, 0.25) is 12.7 Å². The minimum absolute atomic E-state index is 0.133. The lowest BCUT2D eigenvalue weighted by atomic mass is 9.87. The summed E-state index contributed by atoms with van der Waals surface area (Å²) in [5, 5.41) is 2.24. The largest absolute Gasteiger partial charge is 0.454 e. The van der Waals surface area contributed by atoms with Crippen LogP contribution in [0.2, 0.25) is 0 Å². The zero-order valence-corrected chi connectivity index (χ0v) is 24.3. The quantitative estimate of drug-likeness (QED) is 0.171. The van der Waals surface area contributed by atoms with E-state index >= 15 is 0 Å².